The van der Waals surface area contributed by atoms with Crippen LogP contribution in [0.3, 0.4) is 0 Å². The molecule has 1 saturated heterocycles. The van der Waals surface area contributed by atoms with Gasteiger partial charge in [-0.2, -0.15) is 0 Å². The van der Waals surface area contributed by atoms with E-state index in [1.165, 1.54) is 4.90 Å². The molecule has 0 saturated carbocycles. The lowest BCUT2D eigenvalue weighted by Gasteiger charge is -2.22. The molecular formula is C12H12ClIN2O3. The van der Waals surface area contributed by atoms with Gasteiger partial charge in [0.25, 0.3) is 5.91 Å². The van der Waals surface area contributed by atoms with Gasteiger partial charge in [0.2, 0.25) is 5.91 Å². The van der Waals surface area contributed by atoms with Gasteiger partial charge in [0, 0.05) is 21.6 Å². The van der Waals surface area contributed by atoms with E-state index in [0.717, 1.165) is 3.57 Å². The first-order valence-corrected chi connectivity index (χ1v) is 7.09. The Hall–Kier alpha value is -0.860. The fourth-order valence-electron chi connectivity index (χ4n) is 2.12. The quantitative estimate of drug-likeness (QED) is 0.734. The third-order valence-corrected chi connectivity index (χ3v) is 4.20. The van der Waals surface area contributed by atoms with E-state index in [4.69, 9.17) is 17.3 Å². The molecule has 3 N–H and O–H groups in total. The summed E-state index contributed by atoms with van der Waals surface area (Å²) in [6.45, 7) is 0.106. The van der Waals surface area contributed by atoms with Crippen LogP contribution in [-0.2, 0) is 4.79 Å². The zero-order chi connectivity index (χ0) is 14.2. The molecule has 0 spiro atoms. The minimum atomic E-state index is -0.766. The maximum atomic E-state index is 12.4. The third kappa shape index (κ3) is 3.01. The minimum absolute atomic E-state index is 0.106. The second-order valence-corrected chi connectivity index (χ2v) is 5.99. The molecule has 19 heavy (non-hydrogen) atoms. The fourth-order valence-corrected chi connectivity index (χ4v) is 2.86. The number of nitrogens with zero attached hydrogens (tertiary/aromatic N) is 1. The Balaban J connectivity index is 2.33. The molecule has 1 fully saturated rings. The molecule has 2 amide bonds. The molecule has 0 aliphatic carbocycles. The average molecular weight is 395 g/mol. The molecule has 5 nitrogen and oxygen atoms in total. The minimum Gasteiger partial charge on any atom is -0.391 e. The average Bonchev–Trinajstić information content (AvgIpc) is 2.74. The standard InChI is InChI=1S/C12H12ClIN2O3/c13-6-1-2-9(14)8(3-6)12(19)16-5-7(17)4-10(16)11(15)18/h1-3,7,10,17H,4-5H2,(H2,15,18). The summed E-state index contributed by atoms with van der Waals surface area (Å²) in [4.78, 5) is 25.1. The number of aliphatic hydroxyl groups is 1. The highest BCUT2D eigenvalue weighted by Crippen LogP contribution is 2.24. The van der Waals surface area contributed by atoms with E-state index in [9.17, 15) is 14.7 Å². The van der Waals surface area contributed by atoms with Gasteiger partial charge in [-0.05, 0) is 40.8 Å². The van der Waals surface area contributed by atoms with Crippen LogP contribution in [0.25, 0.3) is 0 Å². The number of likely N-dealkylation sites (tertiary alicyclic amines) is 1. The first-order chi connectivity index (χ1) is 8.90. The van der Waals surface area contributed by atoms with Crippen LogP contribution in [-0.4, -0.2) is 40.5 Å². The van der Waals surface area contributed by atoms with Gasteiger partial charge >= 0.3 is 0 Å². The molecule has 1 heterocycles. The highest BCUT2D eigenvalue weighted by atomic mass is 127. The smallest absolute Gasteiger partial charge is 0.255 e. The van der Waals surface area contributed by atoms with Gasteiger partial charge in [0.15, 0.2) is 0 Å². The molecule has 0 bridgehead atoms. The Kier molecular flexibility index (Phi) is 4.32. The van der Waals surface area contributed by atoms with Gasteiger partial charge in [-0.3, -0.25) is 9.59 Å². The summed E-state index contributed by atoms with van der Waals surface area (Å²) in [5.41, 5.74) is 5.67. The lowest BCUT2D eigenvalue weighted by Crippen LogP contribution is -2.44. The summed E-state index contributed by atoms with van der Waals surface area (Å²) in [5.74, 6) is -0.950. The van der Waals surface area contributed by atoms with Crippen molar-refractivity contribution < 1.29 is 14.7 Å². The number of halogens is 2. The van der Waals surface area contributed by atoms with Crippen LogP contribution in [0.5, 0.6) is 0 Å². The summed E-state index contributed by atoms with van der Waals surface area (Å²) >= 11 is 7.90. The van der Waals surface area contributed by atoms with Crippen molar-refractivity contribution in [2.24, 2.45) is 5.73 Å². The summed E-state index contributed by atoms with van der Waals surface area (Å²) in [6.07, 6.45) is -0.545. The summed E-state index contributed by atoms with van der Waals surface area (Å²) < 4.78 is 0.733. The van der Waals surface area contributed by atoms with E-state index in [1.807, 2.05) is 22.6 Å². The molecular weight excluding hydrogens is 382 g/mol. The van der Waals surface area contributed by atoms with E-state index in [1.54, 1.807) is 18.2 Å². The number of primary amides is 1. The van der Waals surface area contributed by atoms with Crippen LogP contribution in [0.1, 0.15) is 16.8 Å². The summed E-state index contributed by atoms with van der Waals surface area (Å²) in [6, 6.07) is 4.19. The first-order valence-electron chi connectivity index (χ1n) is 5.63. The zero-order valence-electron chi connectivity index (χ0n) is 9.85. The number of hydrogen-bond acceptors (Lipinski definition) is 3. The molecule has 2 atom stereocenters. The summed E-state index contributed by atoms with van der Waals surface area (Å²) in [5, 5.41) is 10.1. The van der Waals surface area contributed by atoms with Crippen molar-refractivity contribution in [1.82, 2.24) is 4.90 Å². The van der Waals surface area contributed by atoms with Gasteiger partial charge in [-0.1, -0.05) is 11.6 Å². The van der Waals surface area contributed by atoms with Crippen molar-refractivity contribution in [3.8, 4) is 0 Å². The molecule has 1 aromatic carbocycles. The predicted octanol–water partition coefficient (Wildman–Crippen LogP) is 1.01. The van der Waals surface area contributed by atoms with E-state index < -0.39 is 18.1 Å². The van der Waals surface area contributed by atoms with Crippen molar-refractivity contribution in [3.05, 3.63) is 32.4 Å². The number of amides is 2. The fraction of sp³-hybridized carbons (Fsp3) is 0.333. The van der Waals surface area contributed by atoms with Crippen molar-refractivity contribution >= 4 is 46.0 Å². The molecule has 2 rings (SSSR count). The van der Waals surface area contributed by atoms with Crippen molar-refractivity contribution in [3.63, 3.8) is 0 Å². The molecule has 0 radical (unpaired) electrons. The second kappa shape index (κ2) is 5.64. The Morgan fingerprint density at radius 3 is 2.79 bits per heavy atom. The highest BCUT2D eigenvalue weighted by Gasteiger charge is 2.38. The number of rotatable bonds is 2. The predicted molar refractivity (Wildman–Crippen MR) is 78.8 cm³/mol. The highest BCUT2D eigenvalue weighted by molar-refractivity contribution is 14.1. The number of benzene rings is 1. The molecule has 1 aliphatic heterocycles. The SMILES string of the molecule is NC(=O)C1CC(O)CN1C(=O)c1cc(Cl)ccc1I. The lowest BCUT2D eigenvalue weighted by molar-refractivity contribution is -0.121. The number of carbonyl (C=O) groups excluding carboxylic acids is 2. The monoisotopic (exact) mass is 394 g/mol. The van der Waals surface area contributed by atoms with Gasteiger partial charge in [0.05, 0.1) is 11.7 Å². The topological polar surface area (TPSA) is 83.6 Å². The Bertz CT molecular complexity index is 538. The number of carbonyl (C=O) groups is 2. The number of hydrogen-bond donors (Lipinski definition) is 2. The third-order valence-electron chi connectivity index (χ3n) is 3.03. The molecule has 2 unspecified atom stereocenters. The van der Waals surface area contributed by atoms with Gasteiger partial charge in [-0.15, -0.1) is 0 Å². The Morgan fingerprint density at radius 2 is 2.16 bits per heavy atom. The molecule has 7 heteroatoms. The van der Waals surface area contributed by atoms with E-state index >= 15 is 0 Å². The number of nitrogens with two attached hydrogens (primary N) is 1. The second-order valence-electron chi connectivity index (χ2n) is 4.39. The van der Waals surface area contributed by atoms with Crippen molar-refractivity contribution in [2.45, 2.75) is 18.6 Å². The van der Waals surface area contributed by atoms with Crippen LogP contribution in [0.2, 0.25) is 5.02 Å². The maximum Gasteiger partial charge on any atom is 0.255 e. The molecule has 0 aromatic heterocycles. The van der Waals surface area contributed by atoms with Crippen LogP contribution >= 0.6 is 34.2 Å². The van der Waals surface area contributed by atoms with Crippen LogP contribution in [0, 0.1) is 3.57 Å². The summed E-state index contributed by atoms with van der Waals surface area (Å²) in [7, 11) is 0. The zero-order valence-corrected chi connectivity index (χ0v) is 12.8. The van der Waals surface area contributed by atoms with Crippen LogP contribution in [0.4, 0.5) is 0 Å². The Morgan fingerprint density at radius 1 is 1.47 bits per heavy atom. The van der Waals surface area contributed by atoms with E-state index in [0.29, 0.717) is 10.6 Å². The van der Waals surface area contributed by atoms with Gasteiger partial charge in [-0.25, -0.2) is 0 Å². The largest absolute Gasteiger partial charge is 0.391 e. The molecule has 1 aromatic rings. The number of aliphatic hydroxyl groups excluding tert-OH is 1. The lowest BCUT2D eigenvalue weighted by atomic mass is 10.1. The first kappa shape index (κ1) is 14.5. The van der Waals surface area contributed by atoms with Crippen molar-refractivity contribution in [2.75, 3.05) is 6.54 Å². The van der Waals surface area contributed by atoms with Gasteiger partial charge in [0.1, 0.15) is 6.04 Å². The normalized spacial score (nSPS) is 22.6. The van der Waals surface area contributed by atoms with Crippen molar-refractivity contribution in [1.29, 1.82) is 0 Å². The number of β-amino-alcohol motifs (C(OH)–C–C–N with tert-alkyl or cyclic N) is 1. The molecule has 1 aliphatic rings. The van der Waals surface area contributed by atoms with E-state index in [-0.39, 0.29) is 18.9 Å². The van der Waals surface area contributed by atoms with Crippen LogP contribution < -0.4 is 5.73 Å². The van der Waals surface area contributed by atoms with Crippen LogP contribution in [0.15, 0.2) is 18.2 Å². The molecule has 102 valence electrons. The van der Waals surface area contributed by atoms with Gasteiger partial charge < -0.3 is 15.7 Å². The van der Waals surface area contributed by atoms with E-state index in [2.05, 4.69) is 0 Å². The maximum absolute atomic E-state index is 12.4. The Labute approximate surface area is 128 Å².